The summed E-state index contributed by atoms with van der Waals surface area (Å²) < 4.78 is 30.0. The van der Waals surface area contributed by atoms with Crippen LogP contribution in [0.15, 0.2) is 18.2 Å². The Hall–Kier alpha value is -1.31. The molecule has 0 saturated heterocycles. The maximum absolute atomic E-state index is 11.9. The first-order chi connectivity index (χ1) is 10.2. The van der Waals surface area contributed by atoms with E-state index < -0.39 is 10.0 Å². The maximum Gasteiger partial charge on any atom is 0.251 e. The van der Waals surface area contributed by atoms with E-state index in [1.165, 1.54) is 18.2 Å². The van der Waals surface area contributed by atoms with E-state index >= 15 is 0 Å². The Kier molecular flexibility index (Phi) is 7.12. The highest BCUT2D eigenvalue weighted by Gasteiger charge is 2.10. The Bertz CT molecular complexity index is 617. The fourth-order valence-corrected chi connectivity index (χ4v) is 2.50. The number of carbonyl (C=O) groups excluding carboxylic acids is 1. The van der Waals surface area contributed by atoms with Gasteiger partial charge in [0, 0.05) is 18.7 Å². The lowest BCUT2D eigenvalue weighted by molar-refractivity contribution is 0.0757. The summed E-state index contributed by atoms with van der Waals surface area (Å²) in [6.07, 6.45) is 1.92. The average molecular weight is 349 g/mol. The molecule has 0 aliphatic carbocycles. The van der Waals surface area contributed by atoms with Crippen LogP contribution in [-0.4, -0.2) is 39.8 Å². The first-order valence-electron chi connectivity index (χ1n) is 6.86. The van der Waals surface area contributed by atoms with Gasteiger partial charge in [-0.3, -0.25) is 9.52 Å². The highest BCUT2D eigenvalue weighted by atomic mass is 35.5. The van der Waals surface area contributed by atoms with Gasteiger partial charge >= 0.3 is 0 Å². The van der Waals surface area contributed by atoms with Crippen LogP contribution in [0.1, 0.15) is 30.6 Å². The van der Waals surface area contributed by atoms with Crippen LogP contribution in [0.3, 0.4) is 0 Å². The number of ether oxygens (including phenoxy) is 1. The minimum absolute atomic E-state index is 0.168. The fourth-order valence-electron chi connectivity index (χ4n) is 1.63. The fraction of sp³-hybridized carbons (Fsp3) is 0.500. The predicted molar refractivity (Wildman–Crippen MR) is 88.0 cm³/mol. The van der Waals surface area contributed by atoms with Crippen LogP contribution in [-0.2, 0) is 14.8 Å². The standard InChI is InChI=1S/C14H21ClN2O4S/c1-10(2)21-8-4-7-16-14(18)11-5-6-13(12(15)9-11)17-22(3,19)20/h5-6,9-10,17H,4,7-8H2,1-3H3,(H,16,18). The van der Waals surface area contributed by atoms with E-state index in [2.05, 4.69) is 10.0 Å². The van der Waals surface area contributed by atoms with Gasteiger partial charge in [-0.2, -0.15) is 0 Å². The number of hydrogen-bond donors (Lipinski definition) is 2. The van der Waals surface area contributed by atoms with Crippen molar-refractivity contribution in [2.24, 2.45) is 0 Å². The largest absolute Gasteiger partial charge is 0.379 e. The second-order valence-corrected chi connectivity index (χ2v) is 7.25. The maximum atomic E-state index is 11.9. The van der Waals surface area contributed by atoms with Gasteiger partial charge in [0.1, 0.15) is 0 Å². The van der Waals surface area contributed by atoms with E-state index in [0.29, 0.717) is 25.1 Å². The van der Waals surface area contributed by atoms with Crippen molar-refractivity contribution in [3.05, 3.63) is 28.8 Å². The molecule has 8 heteroatoms. The number of rotatable bonds is 8. The summed E-state index contributed by atoms with van der Waals surface area (Å²) in [7, 11) is -3.41. The zero-order valence-electron chi connectivity index (χ0n) is 12.8. The van der Waals surface area contributed by atoms with Gasteiger partial charge in [-0.05, 0) is 38.5 Å². The van der Waals surface area contributed by atoms with Gasteiger partial charge in [0.15, 0.2) is 0 Å². The molecule has 0 aliphatic rings. The highest BCUT2D eigenvalue weighted by Crippen LogP contribution is 2.23. The van der Waals surface area contributed by atoms with Crippen LogP contribution in [0.4, 0.5) is 5.69 Å². The Morgan fingerprint density at radius 1 is 1.36 bits per heavy atom. The first kappa shape index (κ1) is 18.7. The van der Waals surface area contributed by atoms with Gasteiger partial charge in [0.05, 0.1) is 23.1 Å². The van der Waals surface area contributed by atoms with E-state index in [0.717, 1.165) is 6.26 Å². The molecule has 0 radical (unpaired) electrons. The number of nitrogens with one attached hydrogen (secondary N) is 2. The van der Waals surface area contributed by atoms with Gasteiger partial charge in [-0.15, -0.1) is 0 Å². The molecule has 2 N–H and O–H groups in total. The van der Waals surface area contributed by atoms with Crippen molar-refractivity contribution < 1.29 is 17.9 Å². The number of anilines is 1. The van der Waals surface area contributed by atoms with Crippen molar-refractivity contribution >= 4 is 33.2 Å². The Balaban J connectivity index is 2.55. The topological polar surface area (TPSA) is 84.5 Å². The van der Waals surface area contributed by atoms with Crippen molar-refractivity contribution in [1.82, 2.24) is 5.32 Å². The lowest BCUT2D eigenvalue weighted by Gasteiger charge is -2.10. The molecule has 0 bridgehead atoms. The molecule has 6 nitrogen and oxygen atoms in total. The quantitative estimate of drug-likeness (QED) is 0.706. The molecule has 0 unspecified atom stereocenters. The van der Waals surface area contributed by atoms with Gasteiger partial charge < -0.3 is 10.1 Å². The number of sulfonamides is 1. The summed E-state index contributed by atoms with van der Waals surface area (Å²) in [4.78, 5) is 11.9. The summed E-state index contributed by atoms with van der Waals surface area (Å²) in [6, 6.07) is 4.40. The minimum Gasteiger partial charge on any atom is -0.379 e. The predicted octanol–water partition coefficient (Wildman–Crippen LogP) is 2.26. The van der Waals surface area contributed by atoms with Crippen molar-refractivity contribution in [2.75, 3.05) is 24.1 Å². The SMILES string of the molecule is CC(C)OCCCNC(=O)c1ccc(NS(C)(=O)=O)c(Cl)c1. The molecule has 0 aliphatic heterocycles. The van der Waals surface area contributed by atoms with Crippen LogP contribution < -0.4 is 10.0 Å². The molecule has 1 aromatic rings. The van der Waals surface area contributed by atoms with Gasteiger partial charge in [-0.1, -0.05) is 11.6 Å². The Labute approximate surface area is 136 Å². The molecular weight excluding hydrogens is 328 g/mol. The van der Waals surface area contributed by atoms with Crippen LogP contribution >= 0.6 is 11.6 Å². The zero-order valence-corrected chi connectivity index (χ0v) is 14.4. The minimum atomic E-state index is -3.41. The molecule has 0 saturated carbocycles. The third-order valence-electron chi connectivity index (χ3n) is 2.58. The summed E-state index contributed by atoms with van der Waals surface area (Å²) in [6.45, 7) is 4.97. The molecule has 1 aromatic carbocycles. The molecule has 0 spiro atoms. The molecule has 0 fully saturated rings. The smallest absolute Gasteiger partial charge is 0.251 e. The van der Waals surface area contributed by atoms with Crippen molar-refractivity contribution in [3.8, 4) is 0 Å². The number of halogens is 1. The van der Waals surface area contributed by atoms with Crippen LogP contribution in [0, 0.1) is 0 Å². The molecule has 0 aromatic heterocycles. The monoisotopic (exact) mass is 348 g/mol. The van der Waals surface area contributed by atoms with E-state index in [1.54, 1.807) is 0 Å². The zero-order chi connectivity index (χ0) is 16.8. The van der Waals surface area contributed by atoms with E-state index in [-0.39, 0.29) is 22.7 Å². The third kappa shape index (κ3) is 7.11. The van der Waals surface area contributed by atoms with Crippen LogP contribution in [0.5, 0.6) is 0 Å². The van der Waals surface area contributed by atoms with E-state index in [1.807, 2.05) is 13.8 Å². The summed E-state index contributed by atoms with van der Waals surface area (Å²) >= 11 is 5.97. The third-order valence-corrected chi connectivity index (χ3v) is 3.49. The van der Waals surface area contributed by atoms with Crippen molar-refractivity contribution in [1.29, 1.82) is 0 Å². The lowest BCUT2D eigenvalue weighted by Crippen LogP contribution is -2.25. The van der Waals surface area contributed by atoms with Gasteiger partial charge in [-0.25, -0.2) is 8.42 Å². The molecule has 0 heterocycles. The summed E-state index contributed by atoms with van der Waals surface area (Å²) in [5, 5.41) is 2.92. The van der Waals surface area contributed by atoms with Gasteiger partial charge in [0.25, 0.3) is 5.91 Å². The second-order valence-electron chi connectivity index (χ2n) is 5.10. The molecular formula is C14H21ClN2O4S. The molecule has 1 rings (SSSR count). The number of benzene rings is 1. The summed E-state index contributed by atoms with van der Waals surface area (Å²) in [5.41, 5.74) is 0.611. The van der Waals surface area contributed by atoms with Crippen LogP contribution in [0.2, 0.25) is 5.02 Å². The second kappa shape index (κ2) is 8.36. The van der Waals surface area contributed by atoms with Crippen molar-refractivity contribution in [2.45, 2.75) is 26.4 Å². The Morgan fingerprint density at radius 2 is 2.05 bits per heavy atom. The average Bonchev–Trinajstić information content (AvgIpc) is 2.38. The normalized spacial score (nSPS) is 11.5. The van der Waals surface area contributed by atoms with Gasteiger partial charge in [0.2, 0.25) is 10.0 Å². The number of carbonyl (C=O) groups is 1. The first-order valence-corrected chi connectivity index (χ1v) is 9.13. The lowest BCUT2D eigenvalue weighted by atomic mass is 10.2. The number of hydrogen-bond acceptors (Lipinski definition) is 4. The summed E-state index contributed by atoms with van der Waals surface area (Å²) in [5.74, 6) is -0.266. The highest BCUT2D eigenvalue weighted by molar-refractivity contribution is 7.92. The molecule has 1 amide bonds. The van der Waals surface area contributed by atoms with Crippen LogP contribution in [0.25, 0.3) is 0 Å². The molecule has 22 heavy (non-hydrogen) atoms. The van der Waals surface area contributed by atoms with E-state index in [9.17, 15) is 13.2 Å². The van der Waals surface area contributed by atoms with E-state index in [4.69, 9.17) is 16.3 Å². The number of amides is 1. The van der Waals surface area contributed by atoms with Crippen molar-refractivity contribution in [3.63, 3.8) is 0 Å². The Morgan fingerprint density at radius 3 is 2.59 bits per heavy atom. The molecule has 124 valence electrons. The molecule has 0 atom stereocenters.